The summed E-state index contributed by atoms with van der Waals surface area (Å²) in [5, 5.41) is 2.83. The molecule has 2 nitrogen and oxygen atoms in total. The van der Waals surface area contributed by atoms with Gasteiger partial charge in [0.05, 0.1) is 0 Å². The second kappa shape index (κ2) is 5.70. The van der Waals surface area contributed by atoms with E-state index in [-0.39, 0.29) is 5.91 Å². The van der Waals surface area contributed by atoms with Crippen LogP contribution in [-0.2, 0) is 10.5 Å². The summed E-state index contributed by atoms with van der Waals surface area (Å²) in [4.78, 5) is 10.9. The van der Waals surface area contributed by atoms with Crippen LogP contribution in [0.25, 0.3) is 0 Å². The number of rotatable bonds is 4. The molecule has 0 aliphatic heterocycles. The van der Waals surface area contributed by atoms with E-state index in [1.54, 1.807) is 0 Å². The van der Waals surface area contributed by atoms with Crippen molar-refractivity contribution in [3.63, 3.8) is 0 Å². The van der Waals surface area contributed by atoms with E-state index in [1.165, 1.54) is 12.5 Å². The van der Waals surface area contributed by atoms with Gasteiger partial charge in [0.1, 0.15) is 0 Å². The Morgan fingerprint density at radius 1 is 1.43 bits per heavy atom. The number of hydrogen-bond donors (Lipinski definition) is 1. The summed E-state index contributed by atoms with van der Waals surface area (Å²) in [5.74, 6) is 2.03. The van der Waals surface area contributed by atoms with E-state index in [9.17, 15) is 4.79 Å². The third-order valence-corrected chi connectivity index (χ3v) is 2.71. The molecule has 0 aliphatic rings. The van der Waals surface area contributed by atoms with Gasteiger partial charge in [-0.25, -0.2) is 0 Å². The largest absolute Gasteiger partial charge is 0.326 e. The van der Waals surface area contributed by atoms with Crippen molar-refractivity contribution in [2.24, 2.45) is 0 Å². The Morgan fingerprint density at radius 3 is 2.79 bits per heavy atom. The van der Waals surface area contributed by atoms with Crippen LogP contribution in [0.3, 0.4) is 0 Å². The Hall–Kier alpha value is -0.960. The van der Waals surface area contributed by atoms with Crippen LogP contribution in [0, 0.1) is 0 Å². The van der Waals surface area contributed by atoms with Gasteiger partial charge in [-0.2, -0.15) is 11.8 Å². The second-order valence-electron chi connectivity index (χ2n) is 2.98. The number of carbonyl (C=O) groups excluding carboxylic acids is 1. The zero-order valence-corrected chi connectivity index (χ0v) is 9.36. The predicted molar refractivity (Wildman–Crippen MR) is 62.6 cm³/mol. The van der Waals surface area contributed by atoms with E-state index >= 15 is 0 Å². The van der Waals surface area contributed by atoms with Crippen molar-refractivity contribution in [3.8, 4) is 0 Å². The lowest BCUT2D eigenvalue weighted by molar-refractivity contribution is -0.114. The zero-order chi connectivity index (χ0) is 10.4. The number of anilines is 1. The topological polar surface area (TPSA) is 29.1 Å². The minimum atomic E-state index is -0.0149. The highest BCUT2D eigenvalue weighted by molar-refractivity contribution is 7.98. The van der Waals surface area contributed by atoms with Crippen LogP contribution in [0.15, 0.2) is 24.3 Å². The number of benzene rings is 1. The molecule has 1 amide bonds. The summed E-state index contributed by atoms with van der Waals surface area (Å²) >= 11 is 1.85. The first-order valence-corrected chi connectivity index (χ1v) is 5.82. The van der Waals surface area contributed by atoms with Gasteiger partial charge in [-0.3, -0.25) is 4.79 Å². The van der Waals surface area contributed by atoms with E-state index in [0.717, 1.165) is 17.2 Å². The van der Waals surface area contributed by atoms with Crippen LogP contribution in [0.1, 0.15) is 19.4 Å². The molecule has 1 N–H and O–H groups in total. The fourth-order valence-corrected chi connectivity index (χ4v) is 1.85. The van der Waals surface area contributed by atoms with E-state index in [1.807, 2.05) is 36.0 Å². The van der Waals surface area contributed by atoms with Crippen LogP contribution in [0.5, 0.6) is 0 Å². The van der Waals surface area contributed by atoms with Gasteiger partial charge in [0.15, 0.2) is 0 Å². The molecule has 3 heteroatoms. The highest BCUT2D eigenvalue weighted by atomic mass is 32.2. The number of nitrogens with one attached hydrogen (secondary N) is 1. The first-order chi connectivity index (χ1) is 6.74. The van der Waals surface area contributed by atoms with Crippen LogP contribution in [0.2, 0.25) is 0 Å². The number of amides is 1. The molecular formula is C11H15NOS. The van der Waals surface area contributed by atoms with Crippen LogP contribution >= 0.6 is 11.8 Å². The molecule has 1 rings (SSSR count). The van der Waals surface area contributed by atoms with Gasteiger partial charge in [0.2, 0.25) is 5.91 Å². The van der Waals surface area contributed by atoms with Gasteiger partial charge in [-0.15, -0.1) is 0 Å². The first-order valence-electron chi connectivity index (χ1n) is 4.67. The molecule has 0 unspecified atom stereocenters. The maximum absolute atomic E-state index is 10.9. The Labute approximate surface area is 89.1 Å². The van der Waals surface area contributed by atoms with Gasteiger partial charge in [0, 0.05) is 18.4 Å². The lowest BCUT2D eigenvalue weighted by atomic mass is 10.2. The van der Waals surface area contributed by atoms with E-state index in [2.05, 4.69) is 12.2 Å². The molecule has 0 atom stereocenters. The lowest BCUT2D eigenvalue weighted by Crippen LogP contribution is -2.07. The smallest absolute Gasteiger partial charge is 0.221 e. The number of para-hydroxylation sites is 1. The fourth-order valence-electron chi connectivity index (χ4n) is 1.17. The standard InChI is InChI=1S/C11H15NOS/c1-3-14-8-10-6-4-5-7-11(10)12-9(2)13/h4-7H,3,8H2,1-2H3,(H,12,13). The van der Waals surface area contributed by atoms with Gasteiger partial charge >= 0.3 is 0 Å². The molecule has 14 heavy (non-hydrogen) atoms. The number of carbonyl (C=O) groups is 1. The predicted octanol–water partition coefficient (Wildman–Crippen LogP) is 2.90. The van der Waals surface area contributed by atoms with Gasteiger partial charge < -0.3 is 5.32 Å². The normalized spacial score (nSPS) is 9.86. The fraction of sp³-hybridized carbons (Fsp3) is 0.364. The summed E-state index contributed by atoms with van der Waals surface area (Å²) in [6.45, 7) is 3.66. The minimum absolute atomic E-state index is 0.0149. The quantitative estimate of drug-likeness (QED) is 0.826. The molecule has 0 spiro atoms. The Morgan fingerprint density at radius 2 is 2.14 bits per heavy atom. The third kappa shape index (κ3) is 3.42. The monoisotopic (exact) mass is 209 g/mol. The van der Waals surface area contributed by atoms with Gasteiger partial charge in [-0.05, 0) is 17.4 Å². The van der Waals surface area contributed by atoms with Crippen LogP contribution in [0.4, 0.5) is 5.69 Å². The van der Waals surface area contributed by atoms with Crippen molar-refractivity contribution in [2.45, 2.75) is 19.6 Å². The lowest BCUT2D eigenvalue weighted by Gasteiger charge is -2.08. The molecule has 1 aromatic rings. The number of hydrogen-bond acceptors (Lipinski definition) is 2. The second-order valence-corrected chi connectivity index (χ2v) is 4.25. The maximum Gasteiger partial charge on any atom is 0.221 e. The summed E-state index contributed by atoms with van der Waals surface area (Å²) in [6, 6.07) is 7.92. The van der Waals surface area contributed by atoms with Crippen molar-refractivity contribution < 1.29 is 4.79 Å². The SMILES string of the molecule is CCSCc1ccccc1NC(C)=O. The highest BCUT2D eigenvalue weighted by Crippen LogP contribution is 2.20. The average molecular weight is 209 g/mol. The molecule has 0 aliphatic carbocycles. The molecule has 0 radical (unpaired) electrons. The molecule has 0 bridgehead atoms. The molecule has 0 aromatic heterocycles. The van der Waals surface area contributed by atoms with Crippen molar-refractivity contribution in [1.29, 1.82) is 0 Å². The van der Waals surface area contributed by atoms with Gasteiger partial charge in [0.25, 0.3) is 0 Å². The van der Waals surface area contributed by atoms with Crippen molar-refractivity contribution >= 4 is 23.4 Å². The van der Waals surface area contributed by atoms with E-state index in [0.29, 0.717) is 0 Å². The molecule has 0 saturated heterocycles. The minimum Gasteiger partial charge on any atom is -0.326 e. The average Bonchev–Trinajstić information content (AvgIpc) is 2.16. The molecular weight excluding hydrogens is 194 g/mol. The summed E-state index contributed by atoms with van der Waals surface area (Å²) < 4.78 is 0. The van der Waals surface area contributed by atoms with E-state index < -0.39 is 0 Å². The molecule has 0 heterocycles. The Balaban J connectivity index is 2.74. The highest BCUT2D eigenvalue weighted by Gasteiger charge is 2.01. The maximum atomic E-state index is 10.9. The molecule has 0 fully saturated rings. The third-order valence-electron chi connectivity index (χ3n) is 1.79. The molecule has 76 valence electrons. The summed E-state index contributed by atoms with van der Waals surface area (Å²) in [6.07, 6.45) is 0. The summed E-state index contributed by atoms with van der Waals surface area (Å²) in [7, 11) is 0. The van der Waals surface area contributed by atoms with Crippen LogP contribution in [-0.4, -0.2) is 11.7 Å². The first kappa shape index (κ1) is 11.1. The van der Waals surface area contributed by atoms with Crippen molar-refractivity contribution in [1.82, 2.24) is 0 Å². The Bertz CT molecular complexity index is 312. The Kier molecular flexibility index (Phi) is 4.53. The van der Waals surface area contributed by atoms with Gasteiger partial charge in [-0.1, -0.05) is 25.1 Å². The number of thioether (sulfide) groups is 1. The van der Waals surface area contributed by atoms with E-state index in [4.69, 9.17) is 0 Å². The summed E-state index contributed by atoms with van der Waals surface area (Å²) in [5.41, 5.74) is 2.12. The zero-order valence-electron chi connectivity index (χ0n) is 8.54. The van der Waals surface area contributed by atoms with Crippen molar-refractivity contribution in [2.75, 3.05) is 11.1 Å². The van der Waals surface area contributed by atoms with Crippen molar-refractivity contribution in [3.05, 3.63) is 29.8 Å². The molecule has 1 aromatic carbocycles. The molecule has 0 saturated carbocycles. The van der Waals surface area contributed by atoms with Crippen LogP contribution < -0.4 is 5.32 Å².